The van der Waals surface area contributed by atoms with Crippen LogP contribution in [0.4, 0.5) is 4.79 Å². The fraction of sp³-hybridized carbons (Fsp3) is 0.889. The third-order valence-corrected chi connectivity index (χ3v) is 3.78. The van der Waals surface area contributed by atoms with E-state index in [-0.39, 0.29) is 17.3 Å². The van der Waals surface area contributed by atoms with Crippen LogP contribution in [0, 0.1) is 11.3 Å². The molecular weight excluding hydrogens is 294 g/mol. The van der Waals surface area contributed by atoms with Gasteiger partial charge in [0.2, 0.25) is 0 Å². The van der Waals surface area contributed by atoms with Crippen molar-refractivity contribution < 1.29 is 19.1 Å². The Hall–Kier alpha value is -1.26. The maximum atomic E-state index is 11.8. The lowest BCUT2D eigenvalue weighted by molar-refractivity contribution is -0.144. The zero-order valence-electron chi connectivity index (χ0n) is 16.0. The molecule has 0 aromatic heterocycles. The number of amides is 1. The van der Waals surface area contributed by atoms with Gasteiger partial charge < -0.3 is 14.8 Å². The van der Waals surface area contributed by atoms with Crippen molar-refractivity contribution in [1.82, 2.24) is 5.32 Å². The van der Waals surface area contributed by atoms with Crippen LogP contribution in [0.15, 0.2) is 0 Å². The monoisotopic (exact) mass is 329 g/mol. The highest BCUT2D eigenvalue weighted by Gasteiger charge is 2.24. The van der Waals surface area contributed by atoms with Gasteiger partial charge in [0.05, 0.1) is 6.61 Å². The van der Waals surface area contributed by atoms with Gasteiger partial charge in [0, 0.05) is 13.0 Å². The van der Waals surface area contributed by atoms with E-state index < -0.39 is 11.7 Å². The first-order valence-electron chi connectivity index (χ1n) is 8.61. The lowest BCUT2D eigenvalue weighted by Crippen LogP contribution is -2.34. The molecule has 0 aromatic carbocycles. The van der Waals surface area contributed by atoms with Gasteiger partial charge in [-0.05, 0) is 51.9 Å². The number of nitrogens with one attached hydrogen (secondary N) is 1. The Morgan fingerprint density at radius 1 is 1.09 bits per heavy atom. The summed E-state index contributed by atoms with van der Waals surface area (Å²) in [5.41, 5.74) is -0.332. The second kappa shape index (κ2) is 9.78. The molecule has 0 radical (unpaired) electrons. The zero-order valence-corrected chi connectivity index (χ0v) is 16.0. The van der Waals surface area contributed by atoms with Gasteiger partial charge in [-0.25, -0.2) is 4.79 Å². The van der Waals surface area contributed by atoms with Gasteiger partial charge in [0.25, 0.3) is 0 Å². The predicted molar refractivity (Wildman–Crippen MR) is 92.3 cm³/mol. The van der Waals surface area contributed by atoms with E-state index >= 15 is 0 Å². The quantitative estimate of drug-likeness (QED) is 0.641. The number of hydrogen-bond acceptors (Lipinski definition) is 4. The van der Waals surface area contributed by atoms with E-state index in [1.165, 1.54) is 0 Å². The molecule has 0 aromatic rings. The fourth-order valence-corrected chi connectivity index (χ4v) is 2.35. The summed E-state index contributed by atoms with van der Waals surface area (Å²) in [5.74, 6) is 0.0283. The summed E-state index contributed by atoms with van der Waals surface area (Å²) in [6, 6.07) is 0. The molecule has 23 heavy (non-hydrogen) atoms. The highest BCUT2D eigenvalue weighted by atomic mass is 16.6. The highest BCUT2D eigenvalue weighted by molar-refractivity contribution is 5.69. The average Bonchev–Trinajstić information content (AvgIpc) is 2.36. The van der Waals surface area contributed by atoms with Gasteiger partial charge >= 0.3 is 12.1 Å². The first kappa shape index (κ1) is 21.7. The van der Waals surface area contributed by atoms with E-state index in [2.05, 4.69) is 26.1 Å². The molecular formula is C18H35NO4. The lowest BCUT2D eigenvalue weighted by atomic mass is 9.78. The van der Waals surface area contributed by atoms with Crippen molar-refractivity contribution in [2.45, 2.75) is 79.8 Å². The van der Waals surface area contributed by atoms with Gasteiger partial charge in [-0.3, -0.25) is 4.79 Å². The van der Waals surface area contributed by atoms with Crippen molar-refractivity contribution in [3.05, 3.63) is 0 Å². The Kier molecular flexibility index (Phi) is 9.25. The molecule has 0 aliphatic heterocycles. The predicted octanol–water partition coefficient (Wildman–Crippen LogP) is 4.30. The molecule has 1 unspecified atom stereocenters. The Labute approximate surface area is 141 Å². The molecule has 5 nitrogen and oxygen atoms in total. The summed E-state index contributed by atoms with van der Waals surface area (Å²) < 4.78 is 10.3. The molecule has 0 aliphatic carbocycles. The summed E-state index contributed by atoms with van der Waals surface area (Å²) in [6.45, 7) is 14.8. The lowest BCUT2D eigenvalue weighted by Gasteiger charge is -2.28. The second-order valence-electron chi connectivity index (χ2n) is 7.81. The van der Waals surface area contributed by atoms with Crippen LogP contribution in [0.1, 0.15) is 74.1 Å². The van der Waals surface area contributed by atoms with E-state index in [4.69, 9.17) is 9.47 Å². The van der Waals surface area contributed by atoms with Crippen LogP contribution in [-0.4, -0.2) is 30.8 Å². The Balaban J connectivity index is 4.46. The van der Waals surface area contributed by atoms with Crippen molar-refractivity contribution in [3.63, 3.8) is 0 Å². The van der Waals surface area contributed by atoms with Crippen LogP contribution in [0.5, 0.6) is 0 Å². The van der Waals surface area contributed by atoms with Crippen molar-refractivity contribution >= 4 is 12.1 Å². The highest BCUT2D eigenvalue weighted by Crippen LogP contribution is 2.32. The number of carbonyl (C=O) groups is 2. The van der Waals surface area contributed by atoms with Crippen LogP contribution in [0.2, 0.25) is 0 Å². The fourth-order valence-electron chi connectivity index (χ4n) is 2.35. The molecule has 1 N–H and O–H groups in total. The van der Waals surface area contributed by atoms with Crippen molar-refractivity contribution in [3.8, 4) is 0 Å². The minimum atomic E-state index is -0.501. The number of esters is 1. The van der Waals surface area contributed by atoms with Crippen LogP contribution in [0.3, 0.4) is 0 Å². The Morgan fingerprint density at radius 3 is 2.17 bits per heavy atom. The molecule has 5 heteroatoms. The number of rotatable bonds is 9. The molecule has 0 saturated heterocycles. The SMILES string of the molecule is CCOC(=O)CC(CCNC(=O)OC(C)(C)C)CC(C)(C)CC. The number of hydrogen-bond donors (Lipinski definition) is 1. The molecule has 0 saturated carbocycles. The van der Waals surface area contributed by atoms with Gasteiger partial charge in [-0.15, -0.1) is 0 Å². The Morgan fingerprint density at radius 2 is 1.70 bits per heavy atom. The Bertz CT molecular complexity index is 372. The van der Waals surface area contributed by atoms with Crippen LogP contribution in [-0.2, 0) is 14.3 Å². The maximum Gasteiger partial charge on any atom is 0.407 e. The average molecular weight is 329 g/mol. The van der Waals surface area contributed by atoms with Crippen LogP contribution >= 0.6 is 0 Å². The summed E-state index contributed by atoms with van der Waals surface area (Å²) in [4.78, 5) is 23.5. The normalized spacial score (nSPS) is 13.3. The molecule has 0 rings (SSSR count). The van der Waals surface area contributed by atoms with Gasteiger partial charge in [0.1, 0.15) is 5.60 Å². The number of ether oxygens (including phenoxy) is 2. The van der Waals surface area contributed by atoms with Crippen LogP contribution in [0.25, 0.3) is 0 Å². The molecule has 0 bridgehead atoms. The van der Waals surface area contributed by atoms with E-state index in [1.54, 1.807) is 0 Å². The summed E-state index contributed by atoms with van der Waals surface area (Å²) in [5, 5.41) is 2.77. The molecule has 0 aliphatic rings. The molecule has 1 atom stereocenters. The van der Waals surface area contributed by atoms with Crippen LogP contribution < -0.4 is 5.32 Å². The molecule has 0 heterocycles. The van der Waals surface area contributed by atoms with Crippen molar-refractivity contribution in [1.29, 1.82) is 0 Å². The van der Waals surface area contributed by atoms with Gasteiger partial charge in [-0.1, -0.05) is 27.2 Å². The first-order chi connectivity index (χ1) is 10.5. The van der Waals surface area contributed by atoms with E-state index in [0.717, 1.165) is 19.3 Å². The minimum Gasteiger partial charge on any atom is -0.466 e. The molecule has 0 spiro atoms. The number of carbonyl (C=O) groups excluding carboxylic acids is 2. The van der Waals surface area contributed by atoms with Gasteiger partial charge in [0.15, 0.2) is 0 Å². The van der Waals surface area contributed by atoms with Crippen molar-refractivity contribution in [2.24, 2.45) is 11.3 Å². The molecule has 1 amide bonds. The summed E-state index contributed by atoms with van der Waals surface area (Å²) in [6.07, 6.45) is 2.70. The summed E-state index contributed by atoms with van der Waals surface area (Å²) >= 11 is 0. The maximum absolute atomic E-state index is 11.8. The van der Waals surface area contributed by atoms with E-state index in [1.807, 2.05) is 27.7 Å². The topological polar surface area (TPSA) is 64.6 Å². The summed E-state index contributed by atoms with van der Waals surface area (Å²) in [7, 11) is 0. The first-order valence-corrected chi connectivity index (χ1v) is 8.61. The largest absolute Gasteiger partial charge is 0.466 e. The smallest absolute Gasteiger partial charge is 0.407 e. The third-order valence-electron chi connectivity index (χ3n) is 3.78. The van der Waals surface area contributed by atoms with E-state index in [0.29, 0.717) is 19.6 Å². The molecule has 136 valence electrons. The van der Waals surface area contributed by atoms with Gasteiger partial charge in [-0.2, -0.15) is 0 Å². The standard InChI is InChI=1S/C18H35NO4/c1-8-18(6,7)13-14(12-15(20)22-9-2)10-11-19-16(21)23-17(3,4)5/h14H,8-13H2,1-7H3,(H,19,21). The van der Waals surface area contributed by atoms with Crippen molar-refractivity contribution in [2.75, 3.05) is 13.2 Å². The molecule has 0 fully saturated rings. The van der Waals surface area contributed by atoms with E-state index in [9.17, 15) is 9.59 Å². The zero-order chi connectivity index (χ0) is 18.1. The minimum absolute atomic E-state index is 0.165. The third kappa shape index (κ3) is 11.9. The second-order valence-corrected chi connectivity index (χ2v) is 7.81. The number of alkyl carbamates (subject to hydrolysis) is 1.